The molecule has 0 aliphatic heterocycles. The van der Waals surface area contributed by atoms with Crippen LogP contribution in [0.4, 0.5) is 5.69 Å². The van der Waals surface area contributed by atoms with Crippen molar-refractivity contribution in [3.05, 3.63) is 33.9 Å². The molecule has 0 N–H and O–H groups in total. The molecule has 0 aliphatic carbocycles. The van der Waals surface area contributed by atoms with E-state index in [1.165, 1.54) is 13.2 Å². The molecule has 0 bridgehead atoms. The number of hydrogen-bond donors (Lipinski definition) is 0. The first-order valence-corrected chi connectivity index (χ1v) is 4.38. The molecule has 0 radical (unpaired) electrons. The lowest BCUT2D eigenvalue weighted by Crippen LogP contribution is -1.97. The molecule has 0 aromatic heterocycles. The van der Waals surface area contributed by atoms with Crippen LogP contribution in [-0.4, -0.2) is 12.0 Å². The van der Waals surface area contributed by atoms with Gasteiger partial charge in [0.25, 0.3) is 0 Å². The zero-order valence-corrected chi connectivity index (χ0v) is 8.56. The SMILES string of the molecule is C#CC(C)c1ccc(OC)c([N+](=O)[O-])c1. The number of methoxy groups -OCH3 is 1. The Morgan fingerprint density at radius 1 is 1.60 bits per heavy atom. The van der Waals surface area contributed by atoms with Gasteiger partial charge in [0.2, 0.25) is 0 Å². The highest BCUT2D eigenvalue weighted by molar-refractivity contribution is 5.50. The van der Waals surface area contributed by atoms with Gasteiger partial charge in [0.05, 0.1) is 12.0 Å². The molecule has 78 valence electrons. The largest absolute Gasteiger partial charge is 0.490 e. The number of nitro groups is 1. The molecule has 15 heavy (non-hydrogen) atoms. The first kappa shape index (κ1) is 11.1. The van der Waals surface area contributed by atoms with E-state index >= 15 is 0 Å². The fourth-order valence-electron chi connectivity index (χ4n) is 1.22. The lowest BCUT2D eigenvalue weighted by Gasteiger charge is -2.06. The summed E-state index contributed by atoms with van der Waals surface area (Å²) in [7, 11) is 1.40. The minimum atomic E-state index is -0.481. The van der Waals surface area contributed by atoms with E-state index in [0.717, 1.165) is 5.56 Å². The number of nitro benzene ring substituents is 1. The summed E-state index contributed by atoms with van der Waals surface area (Å²) in [5.74, 6) is 2.62. The summed E-state index contributed by atoms with van der Waals surface area (Å²) in [6, 6.07) is 4.74. The molecule has 0 fully saturated rings. The molecule has 1 atom stereocenters. The van der Waals surface area contributed by atoms with Gasteiger partial charge in [-0.1, -0.05) is 12.0 Å². The van der Waals surface area contributed by atoms with Crippen molar-refractivity contribution in [2.45, 2.75) is 12.8 Å². The van der Waals surface area contributed by atoms with E-state index in [1.54, 1.807) is 12.1 Å². The van der Waals surface area contributed by atoms with Crippen molar-refractivity contribution >= 4 is 5.69 Å². The van der Waals surface area contributed by atoms with Gasteiger partial charge >= 0.3 is 5.69 Å². The van der Waals surface area contributed by atoms with Crippen LogP contribution in [0, 0.1) is 22.5 Å². The Bertz CT molecular complexity index is 420. The fraction of sp³-hybridized carbons (Fsp3) is 0.273. The van der Waals surface area contributed by atoms with Crippen molar-refractivity contribution in [3.63, 3.8) is 0 Å². The van der Waals surface area contributed by atoms with Crippen LogP contribution in [0.2, 0.25) is 0 Å². The van der Waals surface area contributed by atoms with Gasteiger partial charge in [-0.15, -0.1) is 6.42 Å². The highest BCUT2D eigenvalue weighted by atomic mass is 16.6. The molecular formula is C11H11NO3. The van der Waals surface area contributed by atoms with E-state index in [-0.39, 0.29) is 17.4 Å². The average Bonchev–Trinajstić information content (AvgIpc) is 2.27. The zero-order valence-electron chi connectivity index (χ0n) is 8.56. The third-order valence-electron chi connectivity index (χ3n) is 2.15. The van der Waals surface area contributed by atoms with Crippen LogP contribution in [0.15, 0.2) is 18.2 Å². The number of ether oxygens (including phenoxy) is 1. The molecule has 0 spiro atoms. The molecule has 1 aromatic rings. The molecule has 4 heteroatoms. The van der Waals surface area contributed by atoms with Crippen LogP contribution in [0.1, 0.15) is 18.4 Å². The summed E-state index contributed by atoms with van der Waals surface area (Å²) in [6.45, 7) is 1.81. The Labute approximate surface area is 88.0 Å². The van der Waals surface area contributed by atoms with Crippen LogP contribution in [0.25, 0.3) is 0 Å². The van der Waals surface area contributed by atoms with Gasteiger partial charge in [-0.25, -0.2) is 0 Å². The number of terminal acetylenes is 1. The Kier molecular flexibility index (Phi) is 3.29. The van der Waals surface area contributed by atoms with E-state index in [4.69, 9.17) is 11.2 Å². The third-order valence-corrected chi connectivity index (χ3v) is 2.15. The number of benzene rings is 1. The maximum atomic E-state index is 10.7. The minimum Gasteiger partial charge on any atom is -0.490 e. The second kappa shape index (κ2) is 4.47. The quantitative estimate of drug-likeness (QED) is 0.432. The molecule has 1 aromatic carbocycles. The zero-order chi connectivity index (χ0) is 11.4. The Morgan fingerprint density at radius 2 is 2.27 bits per heavy atom. The van der Waals surface area contributed by atoms with Crippen molar-refractivity contribution in [1.29, 1.82) is 0 Å². The second-order valence-corrected chi connectivity index (χ2v) is 3.08. The summed E-state index contributed by atoms with van der Waals surface area (Å²) in [6.07, 6.45) is 5.25. The molecule has 0 saturated carbocycles. The highest BCUT2D eigenvalue weighted by Gasteiger charge is 2.16. The second-order valence-electron chi connectivity index (χ2n) is 3.08. The van der Waals surface area contributed by atoms with E-state index in [0.29, 0.717) is 0 Å². The van der Waals surface area contributed by atoms with Crippen LogP contribution in [-0.2, 0) is 0 Å². The number of nitrogens with zero attached hydrogens (tertiary/aromatic N) is 1. The molecule has 4 nitrogen and oxygen atoms in total. The summed E-state index contributed by atoms with van der Waals surface area (Å²) >= 11 is 0. The Balaban J connectivity index is 3.23. The molecular weight excluding hydrogens is 194 g/mol. The van der Waals surface area contributed by atoms with E-state index < -0.39 is 4.92 Å². The first-order chi connectivity index (χ1) is 7.10. The van der Waals surface area contributed by atoms with Crippen LogP contribution >= 0.6 is 0 Å². The summed E-state index contributed by atoms with van der Waals surface area (Å²) in [5.41, 5.74) is 0.683. The predicted octanol–water partition coefficient (Wildman–Crippen LogP) is 2.34. The molecule has 1 unspecified atom stereocenters. The summed E-state index contributed by atoms with van der Waals surface area (Å²) in [5, 5.41) is 10.7. The van der Waals surface area contributed by atoms with Gasteiger partial charge in [0, 0.05) is 12.0 Å². The normalized spacial score (nSPS) is 11.5. The van der Waals surface area contributed by atoms with Crippen LogP contribution in [0.5, 0.6) is 5.75 Å². The lowest BCUT2D eigenvalue weighted by molar-refractivity contribution is -0.385. The number of rotatable bonds is 3. The third kappa shape index (κ3) is 2.26. The number of hydrogen-bond acceptors (Lipinski definition) is 3. The van der Waals surface area contributed by atoms with Gasteiger partial charge in [-0.3, -0.25) is 10.1 Å². The van der Waals surface area contributed by atoms with Gasteiger partial charge in [-0.2, -0.15) is 0 Å². The standard InChI is InChI=1S/C11H11NO3/c1-4-8(2)9-5-6-11(15-3)10(7-9)12(13)14/h1,5-8H,2-3H3. The monoisotopic (exact) mass is 205 g/mol. The van der Waals surface area contributed by atoms with Crippen molar-refractivity contribution < 1.29 is 9.66 Å². The smallest absolute Gasteiger partial charge is 0.311 e. The maximum Gasteiger partial charge on any atom is 0.311 e. The molecule has 1 rings (SSSR count). The fourth-order valence-corrected chi connectivity index (χ4v) is 1.22. The molecule has 0 aliphatic rings. The van der Waals surface area contributed by atoms with Crippen molar-refractivity contribution in [1.82, 2.24) is 0 Å². The molecule has 0 amide bonds. The highest BCUT2D eigenvalue weighted by Crippen LogP contribution is 2.30. The topological polar surface area (TPSA) is 52.4 Å². The minimum absolute atomic E-state index is 0.0582. The van der Waals surface area contributed by atoms with Gasteiger partial charge in [0.1, 0.15) is 0 Å². The van der Waals surface area contributed by atoms with E-state index in [9.17, 15) is 10.1 Å². The summed E-state index contributed by atoms with van der Waals surface area (Å²) < 4.78 is 4.88. The van der Waals surface area contributed by atoms with E-state index in [1.807, 2.05) is 6.92 Å². The van der Waals surface area contributed by atoms with Gasteiger partial charge < -0.3 is 4.74 Å². The van der Waals surface area contributed by atoms with Crippen LogP contribution in [0.3, 0.4) is 0 Å². The van der Waals surface area contributed by atoms with E-state index in [2.05, 4.69) is 5.92 Å². The van der Waals surface area contributed by atoms with Crippen molar-refractivity contribution in [2.24, 2.45) is 0 Å². The van der Waals surface area contributed by atoms with Gasteiger partial charge in [-0.05, 0) is 18.6 Å². The Hall–Kier alpha value is -2.02. The maximum absolute atomic E-state index is 10.7. The molecule has 0 heterocycles. The average molecular weight is 205 g/mol. The lowest BCUT2D eigenvalue weighted by atomic mass is 10.0. The molecule has 0 saturated heterocycles. The Morgan fingerprint density at radius 3 is 2.73 bits per heavy atom. The van der Waals surface area contributed by atoms with Crippen molar-refractivity contribution in [3.8, 4) is 18.1 Å². The van der Waals surface area contributed by atoms with Crippen molar-refractivity contribution in [2.75, 3.05) is 7.11 Å². The first-order valence-electron chi connectivity index (χ1n) is 4.38. The van der Waals surface area contributed by atoms with Crippen LogP contribution < -0.4 is 4.74 Å². The van der Waals surface area contributed by atoms with Gasteiger partial charge in [0.15, 0.2) is 5.75 Å². The predicted molar refractivity (Wildman–Crippen MR) is 56.9 cm³/mol. The summed E-state index contributed by atoms with van der Waals surface area (Å²) in [4.78, 5) is 10.2.